The van der Waals surface area contributed by atoms with E-state index in [1.165, 1.54) is 6.07 Å². The summed E-state index contributed by atoms with van der Waals surface area (Å²) in [7, 11) is 0. The summed E-state index contributed by atoms with van der Waals surface area (Å²) in [6.07, 6.45) is 0. The van der Waals surface area contributed by atoms with Gasteiger partial charge in [0.25, 0.3) is 5.91 Å². The molecule has 0 unspecified atom stereocenters. The van der Waals surface area contributed by atoms with Crippen molar-refractivity contribution < 1.29 is 23.8 Å². The van der Waals surface area contributed by atoms with E-state index in [0.29, 0.717) is 10.6 Å². The average molecular weight is 400 g/mol. The van der Waals surface area contributed by atoms with Crippen molar-refractivity contribution in [3.8, 4) is 0 Å². The van der Waals surface area contributed by atoms with Crippen LogP contribution in [0.3, 0.4) is 0 Å². The van der Waals surface area contributed by atoms with Gasteiger partial charge in [-0.3, -0.25) is 9.59 Å². The lowest BCUT2D eigenvalue weighted by atomic mass is 9.94. The molecule has 0 radical (unpaired) electrons. The average Bonchev–Trinajstić information content (AvgIpc) is 2.79. The maximum Gasteiger partial charge on any atom is 0.316 e. The third-order valence-corrected chi connectivity index (χ3v) is 4.66. The van der Waals surface area contributed by atoms with E-state index in [1.54, 1.807) is 32.9 Å². The van der Waals surface area contributed by atoms with Crippen LogP contribution in [-0.4, -0.2) is 37.4 Å². The smallest absolute Gasteiger partial charge is 0.316 e. The minimum absolute atomic E-state index is 0.106. The zero-order valence-corrected chi connectivity index (χ0v) is 16.2. The first-order valence-corrected chi connectivity index (χ1v) is 8.80. The summed E-state index contributed by atoms with van der Waals surface area (Å²) in [6, 6.07) is 4.76. The highest BCUT2D eigenvalue weighted by molar-refractivity contribution is 6.38. The second-order valence-corrected chi connectivity index (χ2v) is 8.16. The molecule has 1 saturated heterocycles. The number of hydrogen-bond acceptors (Lipinski definition) is 5. The van der Waals surface area contributed by atoms with Crippen molar-refractivity contribution in [2.45, 2.75) is 26.3 Å². The Balaban J connectivity index is 2.15. The van der Waals surface area contributed by atoms with Gasteiger partial charge < -0.3 is 19.5 Å². The van der Waals surface area contributed by atoms with Gasteiger partial charge in [-0.1, -0.05) is 29.3 Å². The van der Waals surface area contributed by atoms with Gasteiger partial charge >= 0.3 is 5.97 Å². The van der Waals surface area contributed by atoms with Crippen LogP contribution in [0.1, 0.15) is 26.3 Å². The monoisotopic (exact) mass is 399 g/mol. The number of hydrogen-bond donors (Lipinski definition) is 1. The van der Waals surface area contributed by atoms with Crippen LogP contribution in [0.15, 0.2) is 24.0 Å². The molecule has 2 heterocycles. The van der Waals surface area contributed by atoms with Crippen LogP contribution >= 0.6 is 23.2 Å². The summed E-state index contributed by atoms with van der Waals surface area (Å²) >= 11 is 12.2. The molecule has 1 aromatic rings. The van der Waals surface area contributed by atoms with E-state index in [0.717, 1.165) is 0 Å². The molecule has 1 spiro atoms. The number of ether oxygens (including phenoxy) is 3. The number of rotatable bonds is 2. The van der Waals surface area contributed by atoms with Crippen LogP contribution in [0.2, 0.25) is 10.0 Å². The summed E-state index contributed by atoms with van der Waals surface area (Å²) in [5, 5.41) is 3.55. The lowest BCUT2D eigenvalue weighted by molar-refractivity contribution is -0.160. The molecule has 6 nitrogen and oxygen atoms in total. The highest BCUT2D eigenvalue weighted by Gasteiger charge is 2.51. The van der Waals surface area contributed by atoms with Gasteiger partial charge in [0.15, 0.2) is 5.76 Å². The first-order chi connectivity index (χ1) is 12.1. The van der Waals surface area contributed by atoms with E-state index < -0.39 is 22.8 Å². The molecule has 2 aliphatic heterocycles. The summed E-state index contributed by atoms with van der Waals surface area (Å²) in [6.45, 7) is 5.55. The molecule has 0 atom stereocenters. The molecule has 3 rings (SSSR count). The molecule has 1 N–H and O–H groups in total. The fourth-order valence-corrected chi connectivity index (χ4v) is 3.25. The number of benzene rings is 1. The number of nitrogens with one attached hydrogen (secondary N) is 1. The number of carbonyl (C=O) groups excluding carboxylic acids is 2. The Bertz CT molecular complexity index is 791. The number of amides is 1. The summed E-state index contributed by atoms with van der Waals surface area (Å²) in [5.41, 5.74) is -1.23. The lowest BCUT2D eigenvalue weighted by Gasteiger charge is -2.35. The number of esters is 1. The zero-order chi connectivity index (χ0) is 19.1. The fourth-order valence-electron chi connectivity index (χ4n) is 2.75. The van der Waals surface area contributed by atoms with Gasteiger partial charge in [-0.15, -0.1) is 0 Å². The maximum absolute atomic E-state index is 12.8. The van der Waals surface area contributed by atoms with E-state index in [-0.39, 0.29) is 36.4 Å². The van der Waals surface area contributed by atoms with Gasteiger partial charge in [-0.25, -0.2) is 0 Å². The van der Waals surface area contributed by atoms with Crippen LogP contribution in [0, 0.1) is 5.41 Å². The van der Waals surface area contributed by atoms with Crippen LogP contribution in [0.5, 0.6) is 0 Å². The van der Waals surface area contributed by atoms with Gasteiger partial charge in [-0.2, -0.15) is 0 Å². The molecule has 26 heavy (non-hydrogen) atoms. The summed E-state index contributed by atoms with van der Waals surface area (Å²) < 4.78 is 16.4. The van der Waals surface area contributed by atoms with Crippen molar-refractivity contribution >= 4 is 40.7 Å². The van der Waals surface area contributed by atoms with E-state index >= 15 is 0 Å². The number of halogens is 2. The van der Waals surface area contributed by atoms with Crippen molar-refractivity contribution in [2.24, 2.45) is 5.41 Å². The van der Waals surface area contributed by atoms with E-state index in [2.05, 4.69) is 5.32 Å². The lowest BCUT2D eigenvalue weighted by Crippen LogP contribution is -2.55. The largest absolute Gasteiger partial charge is 0.427 e. The van der Waals surface area contributed by atoms with Crippen molar-refractivity contribution in [2.75, 3.05) is 20.0 Å². The van der Waals surface area contributed by atoms with E-state index in [4.69, 9.17) is 37.4 Å². The molecular formula is C18H19Cl2NO5. The Hall–Kier alpha value is -1.60. The molecule has 8 heteroatoms. The van der Waals surface area contributed by atoms with Crippen molar-refractivity contribution in [1.29, 1.82) is 0 Å². The minimum Gasteiger partial charge on any atom is -0.427 e. The molecule has 0 saturated carbocycles. The predicted molar refractivity (Wildman–Crippen MR) is 96.6 cm³/mol. The van der Waals surface area contributed by atoms with Crippen molar-refractivity contribution in [3.05, 3.63) is 39.6 Å². The van der Waals surface area contributed by atoms with Gasteiger partial charge in [0.05, 0.1) is 29.2 Å². The highest BCUT2D eigenvalue weighted by Crippen LogP contribution is 2.40. The third kappa shape index (κ3) is 3.47. The topological polar surface area (TPSA) is 73.9 Å². The van der Waals surface area contributed by atoms with Gasteiger partial charge in [0, 0.05) is 10.6 Å². The second-order valence-electron chi connectivity index (χ2n) is 7.32. The van der Waals surface area contributed by atoms with Crippen LogP contribution in [-0.2, 0) is 23.8 Å². The molecular weight excluding hydrogens is 381 g/mol. The molecule has 2 aliphatic rings. The minimum atomic E-state index is -1.07. The molecule has 1 aromatic carbocycles. The predicted octanol–water partition coefficient (Wildman–Crippen LogP) is 3.17. The van der Waals surface area contributed by atoms with Crippen molar-refractivity contribution in [1.82, 2.24) is 5.32 Å². The molecule has 0 aliphatic carbocycles. The Kier molecular flexibility index (Phi) is 5.05. The Morgan fingerprint density at radius 2 is 1.88 bits per heavy atom. The standard InChI is InChI=1S/C18H19Cl2NO5/c1-17(2,3)16(23)26-14-13(11-5-4-10(19)6-12(11)20)15(22)21-18(14)7-24-9-25-8-18/h4-6H,7-9H2,1-3H3,(H,21,22). The first-order valence-electron chi connectivity index (χ1n) is 8.04. The van der Waals surface area contributed by atoms with E-state index in [1.807, 2.05) is 0 Å². The summed E-state index contributed by atoms with van der Waals surface area (Å²) in [4.78, 5) is 25.3. The Morgan fingerprint density at radius 1 is 1.23 bits per heavy atom. The van der Waals surface area contributed by atoms with Gasteiger partial charge in [0.1, 0.15) is 12.3 Å². The first kappa shape index (κ1) is 19.2. The highest BCUT2D eigenvalue weighted by atomic mass is 35.5. The fraction of sp³-hybridized carbons (Fsp3) is 0.444. The van der Waals surface area contributed by atoms with Crippen LogP contribution in [0.25, 0.3) is 5.57 Å². The SMILES string of the molecule is CC(C)(C)C(=O)OC1=C(c2ccc(Cl)cc2Cl)C(=O)NC12COCOC2. The van der Waals surface area contributed by atoms with E-state index in [9.17, 15) is 9.59 Å². The molecule has 0 bridgehead atoms. The van der Waals surface area contributed by atoms with Crippen LogP contribution in [0.4, 0.5) is 0 Å². The maximum atomic E-state index is 12.8. The molecule has 0 aromatic heterocycles. The molecule has 1 amide bonds. The summed E-state index contributed by atoms with van der Waals surface area (Å²) in [5.74, 6) is -0.733. The van der Waals surface area contributed by atoms with Crippen LogP contribution < -0.4 is 5.32 Å². The zero-order valence-electron chi connectivity index (χ0n) is 14.7. The van der Waals surface area contributed by atoms with Gasteiger partial charge in [0.2, 0.25) is 0 Å². The van der Waals surface area contributed by atoms with Gasteiger partial charge in [-0.05, 0) is 32.9 Å². The quantitative estimate of drug-likeness (QED) is 0.773. The third-order valence-electron chi connectivity index (χ3n) is 4.11. The Labute approximate surface area is 161 Å². The normalized spacial score (nSPS) is 19.7. The van der Waals surface area contributed by atoms with Crippen molar-refractivity contribution in [3.63, 3.8) is 0 Å². The second kappa shape index (κ2) is 6.85. The number of carbonyl (C=O) groups is 2. The Morgan fingerprint density at radius 3 is 2.46 bits per heavy atom. The molecule has 140 valence electrons. The molecule has 1 fully saturated rings.